The third-order valence-electron chi connectivity index (χ3n) is 4.78. The van der Waals surface area contributed by atoms with E-state index in [-0.39, 0.29) is 24.0 Å². The van der Waals surface area contributed by atoms with Crippen LogP contribution in [0, 0.1) is 5.92 Å². The molecule has 2 aromatic rings. The summed E-state index contributed by atoms with van der Waals surface area (Å²) in [5, 5.41) is 6.05. The van der Waals surface area contributed by atoms with Crippen LogP contribution in [0.3, 0.4) is 0 Å². The minimum atomic E-state index is 0. The Bertz CT molecular complexity index is 708. The average molecular weight is 467 g/mol. The maximum absolute atomic E-state index is 5.49. The molecule has 0 spiro atoms. The first-order valence-electron chi connectivity index (χ1n) is 9.31. The van der Waals surface area contributed by atoms with Crippen molar-refractivity contribution in [3.63, 3.8) is 0 Å². The highest BCUT2D eigenvalue weighted by Crippen LogP contribution is 2.19. The average Bonchev–Trinajstić information content (AvgIpc) is 3.14. The third kappa shape index (κ3) is 5.58. The fraction of sp³-hybridized carbons (Fsp3) is 0.476. The number of aliphatic imine (C=N–C) groups is 1. The van der Waals surface area contributed by atoms with E-state index < -0.39 is 0 Å². The highest BCUT2D eigenvalue weighted by molar-refractivity contribution is 14.0. The summed E-state index contributed by atoms with van der Waals surface area (Å²) in [6, 6.07) is 15.1. The van der Waals surface area contributed by atoms with E-state index in [0.717, 1.165) is 51.6 Å². The predicted octanol–water partition coefficient (Wildman–Crippen LogP) is 3.93. The predicted molar refractivity (Wildman–Crippen MR) is 121 cm³/mol. The summed E-state index contributed by atoms with van der Waals surface area (Å²) < 4.78 is 5.49. The number of nitrogens with one attached hydrogen (secondary N) is 1. The zero-order valence-corrected chi connectivity index (χ0v) is 18.1. The van der Waals surface area contributed by atoms with Gasteiger partial charge in [0.2, 0.25) is 0 Å². The van der Waals surface area contributed by atoms with Crippen molar-refractivity contribution in [2.75, 3.05) is 39.9 Å². The van der Waals surface area contributed by atoms with Crippen LogP contribution >= 0.6 is 24.0 Å². The Morgan fingerprint density at radius 3 is 2.81 bits per heavy atom. The van der Waals surface area contributed by atoms with E-state index in [1.165, 1.54) is 16.3 Å². The van der Waals surface area contributed by atoms with Gasteiger partial charge in [0.15, 0.2) is 5.96 Å². The van der Waals surface area contributed by atoms with E-state index in [9.17, 15) is 0 Å². The van der Waals surface area contributed by atoms with Gasteiger partial charge in [-0.1, -0.05) is 42.5 Å². The molecule has 142 valence electrons. The molecule has 5 heteroatoms. The zero-order chi connectivity index (χ0) is 17.5. The smallest absolute Gasteiger partial charge is 0.193 e. The monoisotopic (exact) mass is 467 g/mol. The molecule has 1 atom stereocenters. The minimum Gasteiger partial charge on any atom is -0.381 e. The van der Waals surface area contributed by atoms with Crippen LogP contribution < -0.4 is 5.32 Å². The number of halogens is 1. The maximum Gasteiger partial charge on any atom is 0.193 e. The van der Waals surface area contributed by atoms with Crippen LogP contribution in [0.2, 0.25) is 0 Å². The zero-order valence-electron chi connectivity index (χ0n) is 15.8. The number of ether oxygens (including phenoxy) is 1. The summed E-state index contributed by atoms with van der Waals surface area (Å²) in [4.78, 5) is 7.09. The second-order valence-corrected chi connectivity index (χ2v) is 6.73. The molecule has 1 aliphatic rings. The Hall–Kier alpha value is -1.34. The normalized spacial score (nSPS) is 17.2. The van der Waals surface area contributed by atoms with Gasteiger partial charge in [0.1, 0.15) is 0 Å². The van der Waals surface area contributed by atoms with Crippen molar-refractivity contribution in [2.24, 2.45) is 10.9 Å². The lowest BCUT2D eigenvalue weighted by atomic mass is 10.0. The van der Waals surface area contributed by atoms with Gasteiger partial charge in [-0.3, -0.25) is 4.99 Å². The van der Waals surface area contributed by atoms with Crippen molar-refractivity contribution >= 4 is 40.7 Å². The molecule has 1 saturated heterocycles. The highest BCUT2D eigenvalue weighted by Gasteiger charge is 2.18. The molecule has 1 unspecified atom stereocenters. The Kier molecular flexibility index (Phi) is 8.65. The number of fused-ring (bicyclic) bond motifs is 1. The number of benzene rings is 2. The van der Waals surface area contributed by atoms with Crippen molar-refractivity contribution in [3.05, 3.63) is 48.0 Å². The van der Waals surface area contributed by atoms with Gasteiger partial charge >= 0.3 is 0 Å². The van der Waals surface area contributed by atoms with Crippen LogP contribution in [0.4, 0.5) is 0 Å². The molecule has 4 nitrogen and oxygen atoms in total. The SMILES string of the molecule is CCNC(=NCCc1cccc2ccccc12)N(C)CC1CCOC1.I. The van der Waals surface area contributed by atoms with E-state index in [0.29, 0.717) is 5.92 Å². The molecule has 2 aromatic carbocycles. The van der Waals surface area contributed by atoms with Gasteiger partial charge in [0, 0.05) is 39.2 Å². The standard InChI is InChI=1S/C21H29N3O.HI/c1-3-22-21(24(2)15-17-12-14-25-16-17)23-13-11-19-9-6-8-18-7-4-5-10-20(18)19;/h4-10,17H,3,11-16H2,1-2H3,(H,22,23);1H. The summed E-state index contributed by atoms with van der Waals surface area (Å²) in [5.41, 5.74) is 1.37. The largest absolute Gasteiger partial charge is 0.381 e. The van der Waals surface area contributed by atoms with Gasteiger partial charge < -0.3 is 15.0 Å². The van der Waals surface area contributed by atoms with Gasteiger partial charge in [-0.15, -0.1) is 24.0 Å². The lowest BCUT2D eigenvalue weighted by Gasteiger charge is -2.24. The van der Waals surface area contributed by atoms with Crippen LogP contribution in [0.5, 0.6) is 0 Å². The molecule has 0 amide bonds. The minimum absolute atomic E-state index is 0. The molecule has 0 aliphatic carbocycles. The summed E-state index contributed by atoms with van der Waals surface area (Å²) >= 11 is 0. The van der Waals surface area contributed by atoms with Gasteiger partial charge in [-0.05, 0) is 36.1 Å². The number of hydrogen-bond acceptors (Lipinski definition) is 2. The number of hydrogen-bond donors (Lipinski definition) is 1. The van der Waals surface area contributed by atoms with Gasteiger partial charge in [0.25, 0.3) is 0 Å². The van der Waals surface area contributed by atoms with E-state index in [1.807, 2.05) is 0 Å². The number of rotatable bonds is 6. The Morgan fingerprint density at radius 1 is 1.23 bits per heavy atom. The molecule has 0 saturated carbocycles. The fourth-order valence-corrected chi connectivity index (χ4v) is 3.46. The second kappa shape index (κ2) is 10.7. The lowest BCUT2D eigenvalue weighted by Crippen LogP contribution is -2.41. The molecular formula is C21H30IN3O. The first kappa shape index (κ1) is 21.0. The highest BCUT2D eigenvalue weighted by atomic mass is 127. The van der Waals surface area contributed by atoms with Crippen molar-refractivity contribution in [3.8, 4) is 0 Å². The molecule has 1 N–H and O–H groups in total. The molecule has 3 rings (SSSR count). The van der Waals surface area contributed by atoms with Crippen molar-refractivity contribution in [1.82, 2.24) is 10.2 Å². The summed E-state index contributed by atoms with van der Waals surface area (Å²) in [6.07, 6.45) is 2.11. The van der Waals surface area contributed by atoms with Crippen molar-refractivity contribution in [1.29, 1.82) is 0 Å². The van der Waals surface area contributed by atoms with Crippen LogP contribution in [-0.2, 0) is 11.2 Å². The second-order valence-electron chi connectivity index (χ2n) is 6.73. The Balaban J connectivity index is 0.00000243. The number of guanidine groups is 1. The topological polar surface area (TPSA) is 36.9 Å². The Labute approximate surface area is 174 Å². The van der Waals surface area contributed by atoms with Crippen LogP contribution in [0.15, 0.2) is 47.5 Å². The van der Waals surface area contributed by atoms with Crippen LogP contribution in [0.1, 0.15) is 18.9 Å². The lowest BCUT2D eigenvalue weighted by molar-refractivity contribution is 0.181. The first-order valence-corrected chi connectivity index (χ1v) is 9.31. The molecule has 1 aliphatic heterocycles. The van der Waals surface area contributed by atoms with E-state index in [4.69, 9.17) is 9.73 Å². The number of nitrogens with zero attached hydrogens (tertiary/aromatic N) is 2. The third-order valence-corrected chi connectivity index (χ3v) is 4.78. The Morgan fingerprint density at radius 2 is 2.04 bits per heavy atom. The van der Waals surface area contributed by atoms with E-state index >= 15 is 0 Å². The summed E-state index contributed by atoms with van der Waals surface area (Å²) in [5.74, 6) is 1.61. The first-order chi connectivity index (χ1) is 12.3. The van der Waals surface area contributed by atoms with Gasteiger partial charge in [-0.2, -0.15) is 0 Å². The molecule has 0 bridgehead atoms. The van der Waals surface area contributed by atoms with Crippen LogP contribution in [0.25, 0.3) is 10.8 Å². The molecule has 0 aromatic heterocycles. The van der Waals surface area contributed by atoms with Crippen LogP contribution in [-0.4, -0.2) is 50.8 Å². The van der Waals surface area contributed by atoms with E-state index in [1.54, 1.807) is 0 Å². The summed E-state index contributed by atoms with van der Waals surface area (Å²) in [7, 11) is 2.12. The van der Waals surface area contributed by atoms with Crippen molar-refractivity contribution < 1.29 is 4.74 Å². The van der Waals surface area contributed by atoms with E-state index in [2.05, 4.69) is 66.7 Å². The summed E-state index contributed by atoms with van der Waals surface area (Å²) in [6.45, 7) is 6.57. The molecule has 26 heavy (non-hydrogen) atoms. The molecule has 1 heterocycles. The quantitative estimate of drug-likeness (QED) is 0.398. The molecular weight excluding hydrogens is 437 g/mol. The molecule has 1 fully saturated rings. The van der Waals surface area contributed by atoms with Crippen molar-refractivity contribution in [2.45, 2.75) is 19.8 Å². The maximum atomic E-state index is 5.49. The van der Waals surface area contributed by atoms with Gasteiger partial charge in [-0.25, -0.2) is 0 Å². The molecule has 0 radical (unpaired) electrons. The van der Waals surface area contributed by atoms with Gasteiger partial charge in [0.05, 0.1) is 6.61 Å². The fourth-order valence-electron chi connectivity index (χ4n) is 3.46.